The van der Waals surface area contributed by atoms with E-state index in [-0.39, 0.29) is 0 Å². The quantitative estimate of drug-likeness (QED) is 0.495. The Bertz CT molecular complexity index is 47.8. The normalized spacial score (nSPS) is 9.38. The topological polar surface area (TPSA) is 0 Å². The first-order valence-corrected chi connectivity index (χ1v) is 3.45. The first-order chi connectivity index (χ1) is 3.81. The molecule has 0 rings (SSSR count). The van der Waals surface area contributed by atoms with E-state index in [2.05, 4.69) is 6.92 Å². The van der Waals surface area contributed by atoms with Gasteiger partial charge in [0, 0.05) is 0 Å². The maximum atomic E-state index is 12.3. The van der Waals surface area contributed by atoms with Crippen LogP contribution in [0.1, 0.15) is 26.7 Å². The van der Waals surface area contributed by atoms with Crippen LogP contribution < -0.4 is 0 Å². The molecule has 0 aliphatic rings. The molecule has 0 aromatic rings. The molecule has 0 atom stereocenters. The molecule has 0 unspecified atom stereocenters. The smallest absolute Gasteiger partial charge is 0.336 e. The number of halogens is 1. The summed E-state index contributed by atoms with van der Waals surface area (Å²) in [5.74, 6) is 0. The minimum absolute atomic E-state index is 0.546. The molecular weight excluding hydrogens is 102 g/mol. The third kappa shape index (κ3) is 4.16. The van der Waals surface area contributed by atoms with Crippen molar-refractivity contribution in [3.63, 3.8) is 0 Å². The van der Waals surface area contributed by atoms with Gasteiger partial charge in [0.25, 0.3) is 0 Å². The van der Waals surface area contributed by atoms with Crippen molar-refractivity contribution in [2.75, 3.05) is 0 Å². The van der Waals surface area contributed by atoms with Gasteiger partial charge >= 0.3 is 6.99 Å². The van der Waals surface area contributed by atoms with E-state index in [1.807, 2.05) is 6.92 Å². The third-order valence-electron chi connectivity index (χ3n) is 1.31. The maximum Gasteiger partial charge on any atom is 0.348 e. The SMILES string of the molecule is CCCCB(F)CC. The van der Waals surface area contributed by atoms with E-state index in [1.165, 1.54) is 0 Å². The number of hydrogen-bond acceptors (Lipinski definition) is 0. The molecule has 0 amide bonds. The van der Waals surface area contributed by atoms with Crippen LogP contribution in [0.3, 0.4) is 0 Å². The van der Waals surface area contributed by atoms with Gasteiger partial charge in [-0.1, -0.05) is 26.7 Å². The predicted molar refractivity (Wildman–Crippen MR) is 37.1 cm³/mol. The lowest BCUT2D eigenvalue weighted by Crippen LogP contribution is -2.00. The number of rotatable bonds is 4. The van der Waals surface area contributed by atoms with E-state index in [0.717, 1.165) is 19.2 Å². The van der Waals surface area contributed by atoms with Gasteiger partial charge in [0.05, 0.1) is 0 Å². The minimum Gasteiger partial charge on any atom is -0.336 e. The summed E-state index contributed by atoms with van der Waals surface area (Å²) < 4.78 is 12.3. The molecule has 0 N–H and O–H groups in total. The van der Waals surface area contributed by atoms with Gasteiger partial charge in [-0.15, -0.1) is 0 Å². The molecule has 0 aromatic carbocycles. The Morgan fingerprint density at radius 2 is 2.00 bits per heavy atom. The molecule has 0 spiro atoms. The van der Waals surface area contributed by atoms with Crippen molar-refractivity contribution in [1.29, 1.82) is 0 Å². The second kappa shape index (κ2) is 5.14. The highest BCUT2D eigenvalue weighted by molar-refractivity contribution is 6.50. The zero-order valence-corrected chi connectivity index (χ0v) is 5.78. The van der Waals surface area contributed by atoms with Crippen LogP contribution in [0.2, 0.25) is 12.6 Å². The van der Waals surface area contributed by atoms with E-state index in [1.54, 1.807) is 0 Å². The number of hydrogen-bond donors (Lipinski definition) is 0. The summed E-state index contributed by atoms with van der Waals surface area (Å²) in [6.07, 6.45) is 3.59. The van der Waals surface area contributed by atoms with Crippen molar-refractivity contribution in [3.8, 4) is 0 Å². The van der Waals surface area contributed by atoms with Crippen molar-refractivity contribution in [2.24, 2.45) is 0 Å². The van der Waals surface area contributed by atoms with Crippen molar-refractivity contribution < 1.29 is 4.32 Å². The van der Waals surface area contributed by atoms with Gasteiger partial charge in [-0.05, 0) is 12.6 Å². The van der Waals surface area contributed by atoms with Gasteiger partial charge in [-0.25, -0.2) is 0 Å². The van der Waals surface area contributed by atoms with Crippen LogP contribution in [0, 0.1) is 0 Å². The molecule has 0 radical (unpaired) electrons. The van der Waals surface area contributed by atoms with Gasteiger partial charge in [0.1, 0.15) is 0 Å². The highest BCUT2D eigenvalue weighted by Crippen LogP contribution is 2.04. The summed E-state index contributed by atoms with van der Waals surface area (Å²) >= 11 is 0. The van der Waals surface area contributed by atoms with Gasteiger partial charge in [0.2, 0.25) is 0 Å². The van der Waals surface area contributed by atoms with Crippen LogP contribution in [0.15, 0.2) is 0 Å². The summed E-state index contributed by atoms with van der Waals surface area (Å²) in [6.45, 7) is 3.43. The molecule has 0 heterocycles. The largest absolute Gasteiger partial charge is 0.348 e. The van der Waals surface area contributed by atoms with Crippen molar-refractivity contribution in [1.82, 2.24) is 0 Å². The molecule has 0 saturated heterocycles. The molecule has 0 aromatic heterocycles. The fourth-order valence-electron chi connectivity index (χ4n) is 0.630. The summed E-state index contributed by atoms with van der Waals surface area (Å²) in [4.78, 5) is 0. The molecule has 48 valence electrons. The van der Waals surface area contributed by atoms with Crippen LogP contribution in [-0.4, -0.2) is 6.99 Å². The Labute approximate surface area is 51.6 Å². The van der Waals surface area contributed by atoms with E-state index >= 15 is 0 Å². The van der Waals surface area contributed by atoms with Gasteiger partial charge in [0.15, 0.2) is 0 Å². The first-order valence-electron chi connectivity index (χ1n) is 3.45. The lowest BCUT2D eigenvalue weighted by Gasteiger charge is -1.95. The Morgan fingerprint density at radius 1 is 1.38 bits per heavy atom. The molecule has 0 aliphatic heterocycles. The van der Waals surface area contributed by atoms with E-state index in [4.69, 9.17) is 0 Å². The Kier molecular flexibility index (Phi) is 5.13. The fraction of sp³-hybridized carbons (Fsp3) is 1.00. The van der Waals surface area contributed by atoms with Gasteiger partial charge in [-0.2, -0.15) is 0 Å². The summed E-state index contributed by atoms with van der Waals surface area (Å²) in [7, 11) is 0. The highest BCUT2D eigenvalue weighted by Gasteiger charge is 2.07. The zero-order chi connectivity index (χ0) is 6.41. The molecule has 0 saturated carbocycles. The van der Waals surface area contributed by atoms with Crippen LogP contribution in [-0.2, 0) is 0 Å². The van der Waals surface area contributed by atoms with Crippen molar-refractivity contribution >= 4 is 6.99 Å². The maximum absolute atomic E-state index is 12.3. The van der Waals surface area contributed by atoms with Crippen LogP contribution >= 0.6 is 0 Å². The summed E-state index contributed by atoms with van der Waals surface area (Å²) in [5, 5.41) is 0. The summed E-state index contributed by atoms with van der Waals surface area (Å²) in [6, 6.07) is 0. The fourth-order valence-corrected chi connectivity index (χ4v) is 0.630. The molecule has 2 heteroatoms. The zero-order valence-electron chi connectivity index (χ0n) is 5.78. The van der Waals surface area contributed by atoms with Gasteiger partial charge in [-0.3, -0.25) is 0 Å². The van der Waals surface area contributed by atoms with Crippen LogP contribution in [0.25, 0.3) is 0 Å². The highest BCUT2D eigenvalue weighted by atomic mass is 19.1. The predicted octanol–water partition coefficient (Wildman–Crippen LogP) is 2.77. The molecule has 0 nitrogen and oxygen atoms in total. The molecule has 8 heavy (non-hydrogen) atoms. The first kappa shape index (κ1) is 7.99. The Balaban J connectivity index is 2.86. The van der Waals surface area contributed by atoms with Crippen molar-refractivity contribution in [3.05, 3.63) is 0 Å². The Hall–Kier alpha value is -0.00506. The third-order valence-corrected chi connectivity index (χ3v) is 1.31. The average molecular weight is 116 g/mol. The van der Waals surface area contributed by atoms with E-state index in [9.17, 15) is 4.32 Å². The van der Waals surface area contributed by atoms with E-state index < -0.39 is 6.99 Å². The lowest BCUT2D eigenvalue weighted by molar-refractivity contribution is 0.770. The minimum atomic E-state index is -0.546. The summed E-state index contributed by atoms with van der Waals surface area (Å²) in [5.41, 5.74) is 0. The molecule has 0 bridgehead atoms. The van der Waals surface area contributed by atoms with Crippen LogP contribution in [0.4, 0.5) is 4.32 Å². The number of unbranched alkanes of at least 4 members (excludes halogenated alkanes) is 1. The molecule has 0 aliphatic carbocycles. The molecular formula is C6H14BF. The van der Waals surface area contributed by atoms with E-state index in [0.29, 0.717) is 6.32 Å². The average Bonchev–Trinajstić information content (AvgIpc) is 1.83. The monoisotopic (exact) mass is 116 g/mol. The van der Waals surface area contributed by atoms with Gasteiger partial charge < -0.3 is 4.32 Å². The standard InChI is InChI=1S/C6H14BF/c1-3-5-6-7(8)4-2/h3-6H2,1-2H3. The van der Waals surface area contributed by atoms with Crippen LogP contribution in [0.5, 0.6) is 0 Å². The molecule has 0 fully saturated rings. The lowest BCUT2D eigenvalue weighted by atomic mass is 9.64. The second-order valence-corrected chi connectivity index (χ2v) is 2.15. The Morgan fingerprint density at radius 3 is 2.38 bits per heavy atom. The van der Waals surface area contributed by atoms with Crippen molar-refractivity contribution in [2.45, 2.75) is 39.3 Å². The second-order valence-electron chi connectivity index (χ2n) is 2.15.